The largest absolute Gasteiger partial charge is 0.338 e. The summed E-state index contributed by atoms with van der Waals surface area (Å²) in [5.41, 5.74) is 0. The number of likely N-dealkylation sites (N-methyl/N-ethyl adjacent to an activating group) is 3. The van der Waals surface area contributed by atoms with Crippen molar-refractivity contribution < 1.29 is 9.59 Å². The van der Waals surface area contributed by atoms with E-state index in [1.807, 2.05) is 0 Å². The standard InChI is InChI=1S/C8H11BrN4O2/c1-11-4-5(10-7(11)9)12(2)8(15)13(3)6(4)14/h4-5H,1-3H3. The van der Waals surface area contributed by atoms with Crippen molar-refractivity contribution >= 4 is 32.6 Å². The molecule has 1 fully saturated rings. The predicted octanol–water partition coefficient (Wildman–Crippen LogP) is -0.0988. The molecule has 0 radical (unpaired) electrons. The molecule has 1 saturated heterocycles. The van der Waals surface area contributed by atoms with Crippen molar-refractivity contribution in [2.45, 2.75) is 12.2 Å². The number of rotatable bonds is 0. The number of hydrogen-bond donors (Lipinski definition) is 0. The second-order valence-corrected chi connectivity index (χ2v) is 4.37. The molecule has 0 aromatic heterocycles. The summed E-state index contributed by atoms with van der Waals surface area (Å²) in [4.78, 5) is 32.0. The van der Waals surface area contributed by atoms with Gasteiger partial charge in [-0.25, -0.2) is 9.79 Å². The molecular weight excluding hydrogens is 264 g/mol. The summed E-state index contributed by atoms with van der Waals surface area (Å²) in [5, 5.41) is 0. The number of imide groups is 1. The monoisotopic (exact) mass is 274 g/mol. The Morgan fingerprint density at radius 2 is 1.80 bits per heavy atom. The average molecular weight is 275 g/mol. The van der Waals surface area contributed by atoms with Crippen LogP contribution in [0, 0.1) is 0 Å². The van der Waals surface area contributed by atoms with Crippen LogP contribution in [-0.2, 0) is 4.79 Å². The SMILES string of the molecule is CN1C(=O)C2C(N=C(Br)N2C)N(C)C1=O. The van der Waals surface area contributed by atoms with Gasteiger partial charge in [0, 0.05) is 21.1 Å². The van der Waals surface area contributed by atoms with Gasteiger partial charge in [0.2, 0.25) is 0 Å². The molecular formula is C8H11BrN4O2. The Labute approximate surface area is 95.6 Å². The summed E-state index contributed by atoms with van der Waals surface area (Å²) >= 11 is 3.26. The fourth-order valence-corrected chi connectivity index (χ4v) is 2.25. The lowest BCUT2D eigenvalue weighted by molar-refractivity contribution is -0.135. The van der Waals surface area contributed by atoms with Crippen LogP contribution in [0.1, 0.15) is 0 Å². The quantitative estimate of drug-likeness (QED) is 0.580. The number of fused-ring (bicyclic) bond motifs is 1. The number of nitrogens with zero attached hydrogens (tertiary/aromatic N) is 4. The maximum atomic E-state index is 11.9. The summed E-state index contributed by atoms with van der Waals surface area (Å²) in [6, 6.07) is -0.729. The lowest BCUT2D eigenvalue weighted by atomic mass is 10.1. The van der Waals surface area contributed by atoms with Gasteiger partial charge >= 0.3 is 6.03 Å². The second kappa shape index (κ2) is 3.19. The lowest BCUT2D eigenvalue weighted by Crippen LogP contribution is -2.63. The molecule has 0 aromatic rings. The number of urea groups is 1. The highest BCUT2D eigenvalue weighted by Crippen LogP contribution is 2.27. The van der Waals surface area contributed by atoms with E-state index in [0.29, 0.717) is 4.74 Å². The first kappa shape index (κ1) is 10.4. The molecule has 6 nitrogen and oxygen atoms in total. The Bertz CT molecular complexity index is 370. The van der Waals surface area contributed by atoms with E-state index in [1.165, 1.54) is 11.9 Å². The fourth-order valence-electron chi connectivity index (χ4n) is 1.82. The van der Waals surface area contributed by atoms with Crippen LogP contribution in [0.15, 0.2) is 4.99 Å². The Balaban J connectivity index is 2.39. The first-order valence-electron chi connectivity index (χ1n) is 4.45. The molecule has 2 aliphatic rings. The van der Waals surface area contributed by atoms with E-state index in [2.05, 4.69) is 20.9 Å². The molecule has 2 unspecified atom stereocenters. The summed E-state index contributed by atoms with van der Waals surface area (Å²) in [5.74, 6) is -0.219. The number of amides is 3. The summed E-state index contributed by atoms with van der Waals surface area (Å²) in [6.45, 7) is 0. The van der Waals surface area contributed by atoms with Gasteiger partial charge in [0.05, 0.1) is 0 Å². The molecule has 2 atom stereocenters. The molecule has 2 rings (SSSR count). The average Bonchev–Trinajstić information content (AvgIpc) is 2.50. The second-order valence-electron chi connectivity index (χ2n) is 3.66. The maximum absolute atomic E-state index is 11.9. The van der Waals surface area contributed by atoms with Crippen LogP contribution in [0.5, 0.6) is 0 Å². The summed E-state index contributed by atoms with van der Waals surface area (Å²) in [7, 11) is 4.90. The van der Waals surface area contributed by atoms with Crippen molar-refractivity contribution in [2.75, 3.05) is 21.1 Å². The van der Waals surface area contributed by atoms with Gasteiger partial charge in [-0.2, -0.15) is 0 Å². The van der Waals surface area contributed by atoms with Gasteiger partial charge in [0.1, 0.15) is 0 Å². The van der Waals surface area contributed by atoms with Gasteiger partial charge < -0.3 is 9.80 Å². The van der Waals surface area contributed by atoms with Crippen LogP contribution in [0.2, 0.25) is 0 Å². The van der Waals surface area contributed by atoms with E-state index in [1.54, 1.807) is 19.0 Å². The molecule has 2 aliphatic heterocycles. The highest BCUT2D eigenvalue weighted by atomic mass is 79.9. The van der Waals surface area contributed by atoms with E-state index >= 15 is 0 Å². The van der Waals surface area contributed by atoms with Crippen LogP contribution < -0.4 is 0 Å². The molecule has 82 valence electrons. The number of aliphatic imine (C=N–C) groups is 1. The third-order valence-electron chi connectivity index (χ3n) is 2.80. The van der Waals surface area contributed by atoms with Crippen molar-refractivity contribution in [2.24, 2.45) is 4.99 Å². The Morgan fingerprint density at radius 1 is 1.20 bits per heavy atom. The number of carbonyl (C=O) groups is 2. The number of halogens is 1. The van der Waals surface area contributed by atoms with Crippen LogP contribution in [0.4, 0.5) is 4.79 Å². The molecule has 0 saturated carbocycles. The van der Waals surface area contributed by atoms with Crippen molar-refractivity contribution in [3.63, 3.8) is 0 Å². The molecule has 0 N–H and O–H groups in total. The third-order valence-corrected chi connectivity index (χ3v) is 3.56. The summed E-state index contributed by atoms with van der Waals surface area (Å²) < 4.78 is 0.598. The van der Waals surface area contributed by atoms with Gasteiger partial charge in [-0.05, 0) is 15.9 Å². The van der Waals surface area contributed by atoms with Gasteiger partial charge in [0.15, 0.2) is 17.0 Å². The number of carbonyl (C=O) groups excluding carboxylic acids is 2. The summed E-state index contributed by atoms with van der Waals surface area (Å²) in [6.07, 6.45) is -0.416. The zero-order valence-corrected chi connectivity index (χ0v) is 10.2. The van der Waals surface area contributed by atoms with Gasteiger partial charge in [-0.3, -0.25) is 9.69 Å². The van der Waals surface area contributed by atoms with Gasteiger partial charge in [0.25, 0.3) is 5.91 Å². The van der Waals surface area contributed by atoms with Crippen molar-refractivity contribution in [1.82, 2.24) is 14.7 Å². The van der Waals surface area contributed by atoms with Gasteiger partial charge in [-0.15, -0.1) is 0 Å². The topological polar surface area (TPSA) is 56.2 Å². The van der Waals surface area contributed by atoms with Gasteiger partial charge in [-0.1, -0.05) is 0 Å². The minimum absolute atomic E-state index is 0.219. The predicted molar refractivity (Wildman–Crippen MR) is 57.6 cm³/mol. The first-order chi connectivity index (χ1) is 6.95. The highest BCUT2D eigenvalue weighted by molar-refractivity contribution is 9.18. The first-order valence-corrected chi connectivity index (χ1v) is 5.25. The van der Waals surface area contributed by atoms with E-state index in [9.17, 15) is 9.59 Å². The molecule has 0 bridgehead atoms. The maximum Gasteiger partial charge on any atom is 0.328 e. The zero-order valence-electron chi connectivity index (χ0n) is 8.64. The third kappa shape index (κ3) is 1.26. The van der Waals surface area contributed by atoms with Crippen LogP contribution in [0.3, 0.4) is 0 Å². The highest BCUT2D eigenvalue weighted by Gasteiger charge is 2.49. The molecule has 0 spiro atoms. The Kier molecular flexibility index (Phi) is 2.22. The normalized spacial score (nSPS) is 30.9. The van der Waals surface area contributed by atoms with Crippen LogP contribution >= 0.6 is 15.9 Å². The molecule has 7 heteroatoms. The number of amidine groups is 1. The smallest absolute Gasteiger partial charge is 0.328 e. The minimum atomic E-state index is -0.416. The van der Waals surface area contributed by atoms with Crippen molar-refractivity contribution in [1.29, 1.82) is 0 Å². The van der Waals surface area contributed by atoms with Crippen molar-refractivity contribution in [3.05, 3.63) is 0 Å². The minimum Gasteiger partial charge on any atom is -0.338 e. The molecule has 0 aliphatic carbocycles. The van der Waals surface area contributed by atoms with Crippen molar-refractivity contribution in [3.8, 4) is 0 Å². The zero-order chi connectivity index (χ0) is 11.3. The Morgan fingerprint density at radius 3 is 2.40 bits per heavy atom. The van der Waals surface area contributed by atoms with Crippen LogP contribution in [-0.4, -0.2) is 64.7 Å². The fraction of sp³-hybridized carbons (Fsp3) is 0.625. The van der Waals surface area contributed by atoms with Crippen LogP contribution in [0.25, 0.3) is 0 Å². The molecule has 3 amide bonds. The molecule has 2 heterocycles. The molecule has 15 heavy (non-hydrogen) atoms. The lowest BCUT2D eigenvalue weighted by Gasteiger charge is -2.38. The van der Waals surface area contributed by atoms with E-state index in [-0.39, 0.29) is 11.9 Å². The Hall–Kier alpha value is -1.11. The molecule has 0 aromatic carbocycles. The van der Waals surface area contributed by atoms with E-state index in [0.717, 1.165) is 4.90 Å². The van der Waals surface area contributed by atoms with E-state index < -0.39 is 12.2 Å². The van der Waals surface area contributed by atoms with E-state index in [4.69, 9.17) is 0 Å². The number of hydrogen-bond acceptors (Lipinski definition) is 4.